The molecule has 1 saturated heterocycles. The number of carbonyl (C=O) groups is 2. The zero-order valence-electron chi connectivity index (χ0n) is 18.0. The molecule has 1 fully saturated rings. The van der Waals surface area contributed by atoms with E-state index >= 15 is 0 Å². The molecule has 8 heteroatoms. The Morgan fingerprint density at radius 1 is 0.968 bits per heavy atom. The van der Waals surface area contributed by atoms with Crippen molar-refractivity contribution in [2.24, 2.45) is 5.92 Å². The Labute approximate surface area is 181 Å². The van der Waals surface area contributed by atoms with Gasteiger partial charge in [-0.25, -0.2) is 4.68 Å². The Morgan fingerprint density at radius 3 is 2.16 bits per heavy atom. The van der Waals surface area contributed by atoms with Gasteiger partial charge in [-0.05, 0) is 76.1 Å². The summed E-state index contributed by atoms with van der Waals surface area (Å²) >= 11 is 0. The first-order chi connectivity index (χ1) is 14.9. The highest BCUT2D eigenvalue weighted by Gasteiger charge is 2.26. The number of nitrogens with one attached hydrogen (secondary N) is 1. The first-order valence-electron chi connectivity index (χ1n) is 10.4. The number of benzene rings is 1. The van der Waals surface area contributed by atoms with E-state index in [1.807, 2.05) is 32.0 Å². The van der Waals surface area contributed by atoms with E-state index in [-0.39, 0.29) is 17.6 Å². The van der Waals surface area contributed by atoms with Gasteiger partial charge in [0.2, 0.25) is 5.91 Å². The number of ketones is 1. The molecule has 3 aromatic rings. The van der Waals surface area contributed by atoms with Crippen LogP contribution in [0.25, 0.3) is 5.82 Å². The lowest BCUT2D eigenvalue weighted by Gasteiger charge is -2.31. The van der Waals surface area contributed by atoms with Gasteiger partial charge in [-0.2, -0.15) is 5.10 Å². The molecule has 0 unspecified atom stereocenters. The van der Waals surface area contributed by atoms with Gasteiger partial charge in [0.1, 0.15) is 0 Å². The molecule has 3 heterocycles. The van der Waals surface area contributed by atoms with E-state index in [4.69, 9.17) is 0 Å². The topological polar surface area (TPSA) is 93.0 Å². The number of piperidine rings is 1. The van der Waals surface area contributed by atoms with E-state index in [1.165, 1.54) is 6.92 Å². The van der Waals surface area contributed by atoms with Crippen LogP contribution in [0.4, 0.5) is 11.5 Å². The molecule has 0 saturated carbocycles. The molecular weight excluding hydrogens is 392 g/mol. The summed E-state index contributed by atoms with van der Waals surface area (Å²) in [6.45, 7) is 6.96. The number of aromatic nitrogens is 4. The lowest BCUT2D eigenvalue weighted by molar-refractivity contribution is -0.120. The van der Waals surface area contributed by atoms with Crippen LogP contribution in [-0.2, 0) is 4.79 Å². The molecule has 1 N–H and O–H groups in total. The van der Waals surface area contributed by atoms with Crippen LogP contribution in [0.1, 0.15) is 41.5 Å². The maximum Gasteiger partial charge on any atom is 0.227 e. The number of amides is 1. The second-order valence-electron chi connectivity index (χ2n) is 7.97. The first-order valence-corrected chi connectivity index (χ1v) is 10.4. The van der Waals surface area contributed by atoms with Gasteiger partial charge >= 0.3 is 0 Å². The fourth-order valence-electron chi connectivity index (χ4n) is 3.86. The van der Waals surface area contributed by atoms with Gasteiger partial charge in [0, 0.05) is 36.0 Å². The minimum atomic E-state index is -0.0503. The van der Waals surface area contributed by atoms with E-state index in [0.29, 0.717) is 17.1 Å². The molecule has 1 amide bonds. The van der Waals surface area contributed by atoms with Crippen molar-refractivity contribution in [1.82, 2.24) is 20.0 Å². The van der Waals surface area contributed by atoms with Crippen LogP contribution in [0.3, 0.4) is 0 Å². The fraction of sp³-hybridized carbons (Fsp3) is 0.348. The van der Waals surface area contributed by atoms with Gasteiger partial charge in [0.25, 0.3) is 0 Å². The Bertz CT molecular complexity index is 1080. The molecule has 0 bridgehead atoms. The van der Waals surface area contributed by atoms with Gasteiger partial charge in [-0.3, -0.25) is 9.59 Å². The zero-order valence-corrected chi connectivity index (χ0v) is 18.0. The van der Waals surface area contributed by atoms with E-state index in [9.17, 15) is 9.59 Å². The third kappa shape index (κ3) is 4.63. The van der Waals surface area contributed by atoms with Gasteiger partial charge < -0.3 is 10.2 Å². The van der Waals surface area contributed by atoms with E-state index in [2.05, 4.69) is 25.5 Å². The molecule has 0 aliphatic carbocycles. The van der Waals surface area contributed by atoms with Gasteiger partial charge in [0.05, 0.1) is 5.69 Å². The average Bonchev–Trinajstić information content (AvgIpc) is 3.12. The van der Waals surface area contributed by atoms with Crippen LogP contribution in [0.5, 0.6) is 0 Å². The number of nitrogens with zero attached hydrogens (tertiary/aromatic N) is 5. The maximum atomic E-state index is 12.6. The molecule has 2 aromatic heterocycles. The predicted molar refractivity (Wildman–Crippen MR) is 119 cm³/mol. The predicted octanol–water partition coefficient (Wildman–Crippen LogP) is 3.34. The lowest BCUT2D eigenvalue weighted by Crippen LogP contribution is -2.38. The number of carbonyl (C=O) groups excluding carboxylic acids is 2. The fourth-order valence-corrected chi connectivity index (χ4v) is 3.86. The van der Waals surface area contributed by atoms with Crippen molar-refractivity contribution in [2.75, 3.05) is 23.3 Å². The van der Waals surface area contributed by atoms with Crippen LogP contribution in [-0.4, -0.2) is 44.8 Å². The molecule has 1 aliphatic heterocycles. The quantitative estimate of drug-likeness (QED) is 0.639. The minimum absolute atomic E-state index is 0.0104. The molecule has 0 spiro atoms. The monoisotopic (exact) mass is 418 g/mol. The number of anilines is 2. The SMILES string of the molecule is CC(=O)c1ccc(NC(=O)C2CCN(c3ccc(-n4nc(C)cc4C)nn3)CC2)cc1. The molecule has 0 atom stereocenters. The molecule has 0 radical (unpaired) electrons. The Hall–Kier alpha value is -3.55. The van der Waals surface area contributed by atoms with Crippen LogP contribution in [0.2, 0.25) is 0 Å². The second-order valence-corrected chi connectivity index (χ2v) is 7.97. The summed E-state index contributed by atoms with van der Waals surface area (Å²) in [6, 6.07) is 12.9. The molecule has 4 rings (SSSR count). The van der Waals surface area contributed by atoms with Crippen molar-refractivity contribution >= 4 is 23.2 Å². The number of hydrogen-bond acceptors (Lipinski definition) is 6. The van der Waals surface area contributed by atoms with Crippen molar-refractivity contribution in [3.63, 3.8) is 0 Å². The van der Waals surface area contributed by atoms with E-state index < -0.39 is 0 Å². The number of aryl methyl sites for hydroxylation is 2. The highest BCUT2D eigenvalue weighted by Crippen LogP contribution is 2.23. The van der Waals surface area contributed by atoms with Crippen molar-refractivity contribution in [3.8, 4) is 5.82 Å². The summed E-state index contributed by atoms with van der Waals surface area (Å²) < 4.78 is 1.78. The van der Waals surface area contributed by atoms with E-state index in [1.54, 1.807) is 28.9 Å². The summed E-state index contributed by atoms with van der Waals surface area (Å²) in [6.07, 6.45) is 1.50. The van der Waals surface area contributed by atoms with Crippen LogP contribution in [0, 0.1) is 19.8 Å². The van der Waals surface area contributed by atoms with Gasteiger partial charge in [0.15, 0.2) is 17.4 Å². The molecule has 160 valence electrons. The average molecular weight is 419 g/mol. The zero-order chi connectivity index (χ0) is 22.0. The smallest absolute Gasteiger partial charge is 0.227 e. The minimum Gasteiger partial charge on any atom is -0.355 e. The van der Waals surface area contributed by atoms with Crippen LogP contribution < -0.4 is 10.2 Å². The van der Waals surface area contributed by atoms with Gasteiger partial charge in [-0.1, -0.05) is 0 Å². The molecule has 1 aromatic carbocycles. The van der Waals surface area contributed by atoms with Crippen LogP contribution in [0.15, 0.2) is 42.5 Å². The number of hydrogen-bond donors (Lipinski definition) is 1. The van der Waals surface area contributed by atoms with E-state index in [0.717, 1.165) is 43.1 Å². The standard InChI is InChI=1S/C23H26N6O2/c1-15-14-16(2)29(27-15)22-9-8-21(25-26-22)28-12-10-19(11-13-28)23(31)24-20-6-4-18(5-7-20)17(3)30/h4-9,14,19H,10-13H2,1-3H3,(H,24,31). The highest BCUT2D eigenvalue weighted by atomic mass is 16.2. The van der Waals surface area contributed by atoms with Crippen LogP contribution >= 0.6 is 0 Å². The third-order valence-electron chi connectivity index (χ3n) is 5.61. The third-order valence-corrected chi connectivity index (χ3v) is 5.61. The summed E-state index contributed by atoms with van der Waals surface area (Å²) in [7, 11) is 0. The largest absolute Gasteiger partial charge is 0.355 e. The highest BCUT2D eigenvalue weighted by molar-refractivity contribution is 5.96. The summed E-state index contributed by atoms with van der Waals surface area (Å²) in [5.41, 5.74) is 3.31. The van der Waals surface area contributed by atoms with Crippen molar-refractivity contribution in [1.29, 1.82) is 0 Å². The number of Topliss-reactive ketones (excluding diaryl/α,β-unsaturated/α-hetero) is 1. The van der Waals surface area contributed by atoms with Crippen molar-refractivity contribution < 1.29 is 9.59 Å². The summed E-state index contributed by atoms with van der Waals surface area (Å²) in [5, 5.41) is 16.1. The lowest BCUT2D eigenvalue weighted by atomic mass is 9.95. The number of rotatable bonds is 5. The first kappa shape index (κ1) is 20.7. The van der Waals surface area contributed by atoms with Crippen molar-refractivity contribution in [2.45, 2.75) is 33.6 Å². The molecule has 1 aliphatic rings. The normalized spacial score (nSPS) is 14.5. The molecule has 8 nitrogen and oxygen atoms in total. The Balaban J connectivity index is 1.33. The second kappa shape index (κ2) is 8.67. The Morgan fingerprint density at radius 2 is 1.61 bits per heavy atom. The summed E-state index contributed by atoms with van der Waals surface area (Å²) in [5.74, 6) is 1.48. The maximum absolute atomic E-state index is 12.6. The van der Waals surface area contributed by atoms with Crippen molar-refractivity contribution in [3.05, 3.63) is 59.4 Å². The summed E-state index contributed by atoms with van der Waals surface area (Å²) in [4.78, 5) is 26.2. The van der Waals surface area contributed by atoms with Gasteiger partial charge in [-0.15, -0.1) is 10.2 Å². The molecule has 31 heavy (non-hydrogen) atoms. The Kier molecular flexibility index (Phi) is 5.79. The molecular formula is C23H26N6O2.